The summed E-state index contributed by atoms with van der Waals surface area (Å²) in [5, 5.41) is 13.4. The molecule has 0 fully saturated rings. The first-order valence-electron chi connectivity index (χ1n) is 5.88. The Morgan fingerprint density at radius 2 is 2.28 bits per heavy atom. The van der Waals surface area contributed by atoms with Gasteiger partial charge in [0.2, 0.25) is 0 Å². The van der Waals surface area contributed by atoms with E-state index in [1.165, 1.54) is 4.52 Å². The molecule has 2 heterocycles. The normalized spacial score (nSPS) is 13.1. The Morgan fingerprint density at radius 1 is 1.50 bits per heavy atom. The molecule has 2 aromatic rings. The summed E-state index contributed by atoms with van der Waals surface area (Å²) >= 11 is 6.18. The molecular formula is C11H16ClN5O. The van der Waals surface area contributed by atoms with Crippen molar-refractivity contribution in [3.05, 3.63) is 22.6 Å². The van der Waals surface area contributed by atoms with Gasteiger partial charge in [-0.1, -0.05) is 13.8 Å². The molecule has 2 rings (SSSR count). The molecule has 0 amide bonds. The van der Waals surface area contributed by atoms with Crippen molar-refractivity contribution in [1.82, 2.24) is 19.8 Å². The highest BCUT2D eigenvalue weighted by molar-refractivity contribution is 6.20. The molecule has 0 aliphatic carbocycles. The molecule has 18 heavy (non-hydrogen) atoms. The summed E-state index contributed by atoms with van der Waals surface area (Å²) in [5.41, 5.74) is 0.147. The van der Waals surface area contributed by atoms with Crippen LogP contribution in [0.2, 0.25) is 0 Å². The minimum Gasteiger partial charge on any atom is -0.367 e. The number of H-pyrrole nitrogens is 1. The van der Waals surface area contributed by atoms with Crippen molar-refractivity contribution in [2.45, 2.75) is 25.6 Å². The monoisotopic (exact) mass is 269 g/mol. The Morgan fingerprint density at radius 3 is 3.00 bits per heavy atom. The van der Waals surface area contributed by atoms with Gasteiger partial charge in [0, 0.05) is 6.54 Å². The number of rotatable bonds is 5. The van der Waals surface area contributed by atoms with Crippen LogP contribution in [0.3, 0.4) is 0 Å². The fraction of sp³-hybridized carbons (Fsp3) is 0.545. The van der Waals surface area contributed by atoms with E-state index in [2.05, 4.69) is 34.5 Å². The zero-order valence-corrected chi connectivity index (χ0v) is 11.1. The molecule has 1 unspecified atom stereocenters. The van der Waals surface area contributed by atoms with Crippen molar-refractivity contribution in [2.24, 2.45) is 5.92 Å². The Kier molecular flexibility index (Phi) is 3.86. The summed E-state index contributed by atoms with van der Waals surface area (Å²) in [6, 6.07) is 3.49. The first-order valence-corrected chi connectivity index (χ1v) is 6.32. The lowest BCUT2D eigenvalue weighted by Gasteiger charge is -2.13. The van der Waals surface area contributed by atoms with E-state index in [9.17, 15) is 4.79 Å². The predicted octanol–water partition coefficient (Wildman–Crippen LogP) is 1.48. The molecule has 0 aromatic carbocycles. The third-order valence-corrected chi connectivity index (χ3v) is 2.84. The van der Waals surface area contributed by atoms with Gasteiger partial charge in [-0.05, 0) is 24.5 Å². The van der Waals surface area contributed by atoms with Gasteiger partial charge in [-0.2, -0.15) is 9.61 Å². The number of hydrogen-bond acceptors (Lipinski definition) is 4. The van der Waals surface area contributed by atoms with Gasteiger partial charge >= 0.3 is 5.69 Å². The second-order valence-electron chi connectivity index (χ2n) is 4.63. The summed E-state index contributed by atoms with van der Waals surface area (Å²) < 4.78 is 1.22. The Balaban J connectivity index is 2.03. The number of halogens is 1. The van der Waals surface area contributed by atoms with Gasteiger partial charge in [0.15, 0.2) is 5.65 Å². The first kappa shape index (κ1) is 12.9. The average molecular weight is 270 g/mol. The lowest BCUT2D eigenvalue weighted by molar-refractivity contribution is 0.571. The quantitative estimate of drug-likeness (QED) is 0.807. The molecule has 0 bridgehead atoms. The number of aromatic nitrogens is 4. The number of fused-ring (bicyclic) bond motifs is 1. The van der Waals surface area contributed by atoms with Crippen molar-refractivity contribution in [3.63, 3.8) is 0 Å². The van der Waals surface area contributed by atoms with E-state index in [1.54, 1.807) is 12.1 Å². The second-order valence-corrected chi connectivity index (χ2v) is 5.24. The van der Waals surface area contributed by atoms with Gasteiger partial charge in [0.25, 0.3) is 0 Å². The number of aromatic amines is 1. The molecule has 0 radical (unpaired) electrons. The Labute approximate surface area is 109 Å². The molecule has 0 saturated heterocycles. The number of nitrogens with zero attached hydrogens (tertiary/aromatic N) is 3. The molecule has 0 saturated carbocycles. The average Bonchev–Trinajstić information content (AvgIpc) is 2.68. The molecule has 7 heteroatoms. The fourth-order valence-corrected chi connectivity index (χ4v) is 2.14. The Bertz CT molecular complexity index is 576. The van der Waals surface area contributed by atoms with Gasteiger partial charge < -0.3 is 5.32 Å². The van der Waals surface area contributed by atoms with E-state index in [0.29, 0.717) is 23.9 Å². The number of nitrogens with one attached hydrogen (secondary N) is 2. The van der Waals surface area contributed by atoms with Gasteiger partial charge in [0.05, 0.1) is 5.38 Å². The standard InChI is InChI=1S/C11H16ClN5O/c1-7(2)5-8(12)6-13-9-3-4-10-14-15-11(18)17(10)16-9/h3-4,7-8H,5-6H2,1-2H3,(H,13,16)(H,15,18). The largest absolute Gasteiger partial charge is 0.367 e. The van der Waals surface area contributed by atoms with E-state index < -0.39 is 0 Å². The van der Waals surface area contributed by atoms with Crippen LogP contribution >= 0.6 is 11.6 Å². The van der Waals surface area contributed by atoms with Crippen molar-refractivity contribution >= 4 is 23.1 Å². The summed E-state index contributed by atoms with van der Waals surface area (Å²) in [6.45, 7) is 4.88. The second kappa shape index (κ2) is 5.39. The highest BCUT2D eigenvalue weighted by atomic mass is 35.5. The van der Waals surface area contributed by atoms with E-state index >= 15 is 0 Å². The van der Waals surface area contributed by atoms with Crippen LogP contribution in [-0.2, 0) is 0 Å². The van der Waals surface area contributed by atoms with Gasteiger partial charge in [-0.3, -0.25) is 0 Å². The maximum Gasteiger partial charge on any atom is 0.364 e. The molecule has 0 spiro atoms. The number of anilines is 1. The van der Waals surface area contributed by atoms with Gasteiger partial charge in [-0.15, -0.1) is 16.7 Å². The van der Waals surface area contributed by atoms with Crippen LogP contribution in [0.5, 0.6) is 0 Å². The predicted molar refractivity (Wildman–Crippen MR) is 71.2 cm³/mol. The molecule has 2 aromatic heterocycles. The lowest BCUT2D eigenvalue weighted by Crippen LogP contribution is -2.19. The van der Waals surface area contributed by atoms with E-state index in [1.807, 2.05) is 0 Å². The van der Waals surface area contributed by atoms with Gasteiger partial charge in [-0.25, -0.2) is 9.89 Å². The number of alkyl halides is 1. The van der Waals surface area contributed by atoms with Crippen molar-refractivity contribution in [1.29, 1.82) is 0 Å². The third kappa shape index (κ3) is 3.01. The number of hydrogen-bond donors (Lipinski definition) is 2. The SMILES string of the molecule is CC(C)CC(Cl)CNc1ccc2n[nH]c(=O)n2n1. The maximum absolute atomic E-state index is 11.3. The molecule has 0 aliphatic heterocycles. The maximum atomic E-state index is 11.3. The van der Waals surface area contributed by atoms with Gasteiger partial charge in [0.1, 0.15) is 5.82 Å². The summed E-state index contributed by atoms with van der Waals surface area (Å²) in [6.07, 6.45) is 0.933. The minimum absolute atomic E-state index is 0.0450. The van der Waals surface area contributed by atoms with Crippen molar-refractivity contribution in [2.75, 3.05) is 11.9 Å². The van der Waals surface area contributed by atoms with E-state index in [4.69, 9.17) is 11.6 Å². The van der Waals surface area contributed by atoms with Crippen LogP contribution in [0.25, 0.3) is 5.65 Å². The van der Waals surface area contributed by atoms with Crippen LogP contribution < -0.4 is 11.0 Å². The fourth-order valence-electron chi connectivity index (χ4n) is 1.71. The zero-order valence-electron chi connectivity index (χ0n) is 10.4. The van der Waals surface area contributed by atoms with Crippen LogP contribution in [0, 0.1) is 5.92 Å². The third-order valence-electron chi connectivity index (χ3n) is 2.51. The molecule has 0 aliphatic rings. The molecule has 6 nitrogen and oxygen atoms in total. The van der Waals surface area contributed by atoms with Crippen LogP contribution in [-0.4, -0.2) is 31.7 Å². The lowest BCUT2D eigenvalue weighted by atomic mass is 10.1. The van der Waals surface area contributed by atoms with E-state index in [-0.39, 0.29) is 11.1 Å². The summed E-state index contributed by atoms with van der Waals surface area (Å²) in [4.78, 5) is 11.3. The molecule has 98 valence electrons. The summed E-state index contributed by atoms with van der Waals surface area (Å²) in [7, 11) is 0. The topological polar surface area (TPSA) is 75.1 Å². The molecular weight excluding hydrogens is 254 g/mol. The minimum atomic E-state index is -0.349. The smallest absolute Gasteiger partial charge is 0.364 e. The van der Waals surface area contributed by atoms with Crippen LogP contribution in [0.15, 0.2) is 16.9 Å². The van der Waals surface area contributed by atoms with Crippen LogP contribution in [0.1, 0.15) is 20.3 Å². The first-order chi connectivity index (χ1) is 8.56. The summed E-state index contributed by atoms with van der Waals surface area (Å²) in [5.74, 6) is 1.17. The zero-order chi connectivity index (χ0) is 13.1. The Hall–Kier alpha value is -1.56. The molecule has 2 N–H and O–H groups in total. The van der Waals surface area contributed by atoms with E-state index in [0.717, 1.165) is 6.42 Å². The van der Waals surface area contributed by atoms with Crippen molar-refractivity contribution < 1.29 is 0 Å². The van der Waals surface area contributed by atoms with Crippen molar-refractivity contribution in [3.8, 4) is 0 Å². The highest BCUT2D eigenvalue weighted by Crippen LogP contribution is 2.11. The van der Waals surface area contributed by atoms with Crippen LogP contribution in [0.4, 0.5) is 5.82 Å². The highest BCUT2D eigenvalue weighted by Gasteiger charge is 2.08. The molecule has 1 atom stereocenters.